The Bertz CT molecular complexity index is 832. The Morgan fingerprint density at radius 1 is 1.04 bits per heavy atom. The van der Waals surface area contributed by atoms with Crippen molar-refractivity contribution in [2.75, 3.05) is 11.9 Å². The average molecular weight is 334 g/mol. The number of nitrogens with two attached hydrogens (primary N) is 1. The van der Waals surface area contributed by atoms with Crippen LogP contribution in [0.15, 0.2) is 60.7 Å². The van der Waals surface area contributed by atoms with Gasteiger partial charge in [-0.25, -0.2) is 0 Å². The number of aromatic nitrogens is 2. The smallest absolute Gasteiger partial charge is 0.193 e. The minimum atomic E-state index is 0.0663. The molecule has 3 N–H and O–H groups in total. The fraction of sp³-hybridized carbons (Fsp3) is 0.158. The number of anilines is 1. The Labute approximate surface area is 146 Å². The first-order valence-electron chi connectivity index (χ1n) is 8.01. The monoisotopic (exact) mass is 334 g/mol. The molecule has 2 heterocycles. The van der Waals surface area contributed by atoms with Gasteiger partial charge in [0.25, 0.3) is 0 Å². The summed E-state index contributed by atoms with van der Waals surface area (Å²) in [7, 11) is 0. The minimum absolute atomic E-state index is 0.0663. The summed E-state index contributed by atoms with van der Waals surface area (Å²) in [5.41, 5.74) is 10.5. The third kappa shape index (κ3) is 2.47. The number of nitrogens with one attached hydrogen (secondary N) is 1. The van der Waals surface area contributed by atoms with Gasteiger partial charge in [-0.2, -0.15) is 9.78 Å². The topological polar surface area (TPSA) is 55.9 Å². The van der Waals surface area contributed by atoms with Gasteiger partial charge in [-0.1, -0.05) is 60.7 Å². The number of nitrogens with zero attached hydrogens (tertiary/aromatic N) is 2. The number of benzene rings is 2. The number of fused-ring (bicyclic) bond motifs is 1. The summed E-state index contributed by atoms with van der Waals surface area (Å²) in [4.78, 5) is 0. The van der Waals surface area contributed by atoms with Crippen LogP contribution < -0.4 is 11.1 Å². The van der Waals surface area contributed by atoms with Crippen molar-refractivity contribution in [1.29, 1.82) is 0 Å². The van der Waals surface area contributed by atoms with Gasteiger partial charge in [-0.15, -0.1) is 0 Å². The van der Waals surface area contributed by atoms with Crippen LogP contribution in [0.5, 0.6) is 0 Å². The zero-order valence-electron chi connectivity index (χ0n) is 13.1. The van der Waals surface area contributed by atoms with E-state index in [4.69, 9.17) is 23.1 Å². The molecule has 0 aliphatic carbocycles. The Balaban J connectivity index is 1.93. The second-order valence-electron chi connectivity index (χ2n) is 5.89. The van der Waals surface area contributed by atoms with Crippen LogP contribution in [0.25, 0.3) is 0 Å². The molecular weight excluding hydrogens is 316 g/mol. The number of rotatable bonds is 3. The van der Waals surface area contributed by atoms with Crippen molar-refractivity contribution in [3.8, 4) is 0 Å². The highest BCUT2D eigenvalue weighted by Crippen LogP contribution is 2.37. The van der Waals surface area contributed by atoms with Crippen molar-refractivity contribution in [3.05, 3.63) is 83.0 Å². The first kappa shape index (κ1) is 14.9. The normalized spacial score (nSPS) is 12.9. The molecule has 0 radical (unpaired) electrons. The molecule has 4 nitrogen and oxygen atoms in total. The zero-order chi connectivity index (χ0) is 16.5. The maximum absolute atomic E-state index is 5.87. The van der Waals surface area contributed by atoms with E-state index in [9.17, 15) is 0 Å². The van der Waals surface area contributed by atoms with E-state index in [0.29, 0.717) is 0 Å². The molecule has 24 heavy (non-hydrogen) atoms. The first-order valence-corrected chi connectivity index (χ1v) is 8.42. The summed E-state index contributed by atoms with van der Waals surface area (Å²) in [6.45, 7) is 0.888. The summed E-state index contributed by atoms with van der Waals surface area (Å²) in [5, 5.41) is 8.40. The molecule has 1 aromatic heterocycles. The second-order valence-corrected chi connectivity index (χ2v) is 6.31. The average Bonchev–Trinajstić information content (AvgIpc) is 3.21. The lowest BCUT2D eigenvalue weighted by atomic mass is 9.86. The van der Waals surface area contributed by atoms with E-state index in [2.05, 4.69) is 53.8 Å². The van der Waals surface area contributed by atoms with E-state index in [1.54, 1.807) is 4.68 Å². The van der Waals surface area contributed by atoms with Crippen molar-refractivity contribution in [3.63, 3.8) is 0 Å². The second kappa shape index (κ2) is 6.09. The molecule has 0 fully saturated rings. The summed E-state index contributed by atoms with van der Waals surface area (Å²) < 4.78 is 1.66. The van der Waals surface area contributed by atoms with E-state index in [1.165, 1.54) is 16.7 Å². The number of hydrogen-bond donors (Lipinski definition) is 2. The molecule has 2 aromatic carbocycles. The van der Waals surface area contributed by atoms with Crippen molar-refractivity contribution >= 4 is 23.1 Å². The van der Waals surface area contributed by atoms with Gasteiger partial charge in [0, 0.05) is 12.1 Å². The molecule has 0 saturated carbocycles. The summed E-state index contributed by atoms with van der Waals surface area (Å²) >= 11 is 5.17. The lowest BCUT2D eigenvalue weighted by Gasteiger charge is -2.17. The number of thiocarbonyl (C=S) groups is 1. The molecule has 3 aromatic rings. The molecule has 0 spiro atoms. The summed E-state index contributed by atoms with van der Waals surface area (Å²) in [5.74, 6) is 1.01. The molecule has 0 unspecified atom stereocenters. The van der Waals surface area contributed by atoms with Gasteiger partial charge in [0.05, 0.1) is 11.6 Å². The summed E-state index contributed by atoms with van der Waals surface area (Å²) in [6, 6.07) is 20.9. The molecule has 4 rings (SSSR count). The zero-order valence-corrected chi connectivity index (χ0v) is 14.0. The third-order valence-corrected chi connectivity index (χ3v) is 4.60. The van der Waals surface area contributed by atoms with Crippen LogP contribution in [0.3, 0.4) is 0 Å². The quantitative estimate of drug-likeness (QED) is 0.723. The highest BCUT2D eigenvalue weighted by molar-refractivity contribution is 7.80. The maximum atomic E-state index is 5.87. The fourth-order valence-corrected chi connectivity index (χ4v) is 3.52. The molecule has 0 atom stereocenters. The predicted octanol–water partition coefficient (Wildman–Crippen LogP) is 3.12. The predicted molar refractivity (Wildman–Crippen MR) is 100 cm³/mol. The van der Waals surface area contributed by atoms with Crippen LogP contribution >= 0.6 is 12.2 Å². The van der Waals surface area contributed by atoms with Gasteiger partial charge >= 0.3 is 0 Å². The SMILES string of the molecule is NC(=S)n1nc(C(c2ccccc2)c2ccccc2)c2c1NCC2. The summed E-state index contributed by atoms with van der Waals surface area (Å²) in [6.07, 6.45) is 0.934. The van der Waals surface area contributed by atoms with Gasteiger partial charge in [0.15, 0.2) is 5.11 Å². The Kier molecular flexibility index (Phi) is 3.78. The molecule has 0 bridgehead atoms. The van der Waals surface area contributed by atoms with E-state index in [1.807, 2.05) is 12.1 Å². The molecule has 120 valence electrons. The van der Waals surface area contributed by atoms with Gasteiger partial charge in [-0.3, -0.25) is 0 Å². The molecule has 5 heteroatoms. The Hall–Kier alpha value is -2.66. The van der Waals surface area contributed by atoms with Crippen molar-refractivity contribution in [2.24, 2.45) is 5.73 Å². The molecule has 1 aliphatic rings. The van der Waals surface area contributed by atoms with Crippen LogP contribution in [0.4, 0.5) is 5.82 Å². The highest BCUT2D eigenvalue weighted by atomic mass is 32.1. The highest BCUT2D eigenvalue weighted by Gasteiger charge is 2.29. The van der Waals surface area contributed by atoms with Crippen molar-refractivity contribution in [1.82, 2.24) is 9.78 Å². The van der Waals surface area contributed by atoms with Gasteiger partial charge in [0.1, 0.15) is 5.82 Å². The minimum Gasteiger partial charge on any atom is -0.374 e. The Morgan fingerprint density at radius 3 is 2.17 bits per heavy atom. The molecule has 1 aliphatic heterocycles. The van der Waals surface area contributed by atoms with E-state index in [0.717, 1.165) is 24.5 Å². The van der Waals surface area contributed by atoms with Crippen molar-refractivity contribution < 1.29 is 0 Å². The standard InChI is InChI=1S/C19H18N4S/c20-19(24)23-18-15(11-12-21-18)17(22-23)16(13-7-3-1-4-8-13)14-9-5-2-6-10-14/h1-10,16,21H,11-12H2,(H2,20,24). The van der Waals surface area contributed by atoms with Gasteiger partial charge in [-0.05, 0) is 29.8 Å². The Morgan fingerprint density at radius 2 is 1.62 bits per heavy atom. The lowest BCUT2D eigenvalue weighted by Crippen LogP contribution is -2.22. The van der Waals surface area contributed by atoms with E-state index < -0.39 is 0 Å². The number of hydrogen-bond acceptors (Lipinski definition) is 3. The van der Waals surface area contributed by atoms with E-state index >= 15 is 0 Å². The van der Waals surface area contributed by atoms with Gasteiger partial charge < -0.3 is 11.1 Å². The first-order chi connectivity index (χ1) is 11.8. The van der Waals surface area contributed by atoms with Crippen LogP contribution in [-0.4, -0.2) is 21.4 Å². The molecule has 0 amide bonds. The molecule has 0 saturated heterocycles. The lowest BCUT2D eigenvalue weighted by molar-refractivity contribution is 0.828. The molecular formula is C19H18N4S. The maximum Gasteiger partial charge on any atom is 0.193 e. The van der Waals surface area contributed by atoms with E-state index in [-0.39, 0.29) is 11.0 Å². The van der Waals surface area contributed by atoms with Gasteiger partial charge in [0.2, 0.25) is 0 Å². The third-order valence-electron chi connectivity index (χ3n) is 4.43. The fourth-order valence-electron chi connectivity index (χ4n) is 3.39. The van der Waals surface area contributed by atoms with Crippen LogP contribution in [0.2, 0.25) is 0 Å². The van der Waals surface area contributed by atoms with Crippen LogP contribution in [-0.2, 0) is 6.42 Å². The largest absolute Gasteiger partial charge is 0.374 e. The van der Waals surface area contributed by atoms with Crippen LogP contribution in [0, 0.1) is 0 Å². The van der Waals surface area contributed by atoms with Crippen molar-refractivity contribution in [2.45, 2.75) is 12.3 Å². The van der Waals surface area contributed by atoms with Crippen LogP contribution in [0.1, 0.15) is 28.3 Å².